The SMILES string of the molecule is Nc1nc(-c2cccnc2)nc2c1cnn2-c1ccc(Cl)cc1. The molecule has 112 valence electrons. The molecule has 0 spiro atoms. The van der Waals surface area contributed by atoms with Crippen molar-refractivity contribution < 1.29 is 0 Å². The molecule has 0 atom stereocenters. The zero-order valence-corrected chi connectivity index (χ0v) is 12.6. The largest absolute Gasteiger partial charge is 0.383 e. The molecule has 0 bridgehead atoms. The maximum absolute atomic E-state index is 6.06. The van der Waals surface area contributed by atoms with Crippen LogP contribution in [-0.2, 0) is 0 Å². The molecule has 0 aliphatic heterocycles. The van der Waals surface area contributed by atoms with Gasteiger partial charge >= 0.3 is 0 Å². The topological polar surface area (TPSA) is 82.5 Å². The van der Waals surface area contributed by atoms with Crippen molar-refractivity contribution in [2.45, 2.75) is 0 Å². The van der Waals surface area contributed by atoms with Gasteiger partial charge in [0.1, 0.15) is 5.82 Å². The highest BCUT2D eigenvalue weighted by molar-refractivity contribution is 6.30. The first-order valence-corrected chi connectivity index (χ1v) is 7.28. The van der Waals surface area contributed by atoms with Gasteiger partial charge in [0.2, 0.25) is 0 Å². The second-order valence-corrected chi connectivity index (χ2v) is 5.38. The van der Waals surface area contributed by atoms with Crippen molar-refractivity contribution in [3.63, 3.8) is 0 Å². The fraction of sp³-hybridized carbons (Fsp3) is 0. The standard InChI is InChI=1S/C16H11ClN6/c17-11-3-5-12(6-4-11)23-16-13(9-20-23)14(18)21-15(22-16)10-2-1-7-19-8-10/h1-9H,(H2,18,21,22). The Balaban J connectivity index is 1.94. The molecule has 7 heteroatoms. The zero-order chi connectivity index (χ0) is 15.8. The van der Waals surface area contributed by atoms with Gasteiger partial charge in [0.15, 0.2) is 11.5 Å². The molecule has 2 N–H and O–H groups in total. The molecule has 0 unspecified atom stereocenters. The number of nitrogens with zero attached hydrogens (tertiary/aromatic N) is 5. The van der Waals surface area contributed by atoms with Gasteiger partial charge in [-0.05, 0) is 36.4 Å². The van der Waals surface area contributed by atoms with E-state index in [0.717, 1.165) is 11.3 Å². The van der Waals surface area contributed by atoms with E-state index >= 15 is 0 Å². The number of hydrogen-bond donors (Lipinski definition) is 1. The van der Waals surface area contributed by atoms with E-state index in [1.807, 2.05) is 24.3 Å². The quantitative estimate of drug-likeness (QED) is 0.613. The minimum absolute atomic E-state index is 0.383. The molecular formula is C16H11ClN6. The van der Waals surface area contributed by atoms with Crippen molar-refractivity contribution in [2.24, 2.45) is 0 Å². The minimum Gasteiger partial charge on any atom is -0.383 e. The Morgan fingerprint density at radius 3 is 2.57 bits per heavy atom. The van der Waals surface area contributed by atoms with Gasteiger partial charge in [-0.3, -0.25) is 4.98 Å². The summed E-state index contributed by atoms with van der Waals surface area (Å²) in [5, 5.41) is 5.73. The van der Waals surface area contributed by atoms with E-state index in [1.54, 1.807) is 35.4 Å². The molecule has 1 aromatic carbocycles. The van der Waals surface area contributed by atoms with Crippen LogP contribution in [0, 0.1) is 0 Å². The number of pyridine rings is 1. The van der Waals surface area contributed by atoms with Gasteiger partial charge in [0, 0.05) is 23.0 Å². The maximum Gasteiger partial charge on any atom is 0.169 e. The summed E-state index contributed by atoms with van der Waals surface area (Å²) in [4.78, 5) is 13.0. The predicted molar refractivity (Wildman–Crippen MR) is 89.3 cm³/mol. The van der Waals surface area contributed by atoms with Crippen molar-refractivity contribution in [2.75, 3.05) is 5.73 Å². The van der Waals surface area contributed by atoms with Gasteiger partial charge in [-0.25, -0.2) is 14.6 Å². The highest BCUT2D eigenvalue weighted by Crippen LogP contribution is 2.24. The van der Waals surface area contributed by atoms with E-state index < -0.39 is 0 Å². The third-order valence-electron chi connectivity index (χ3n) is 3.45. The third-order valence-corrected chi connectivity index (χ3v) is 3.70. The van der Waals surface area contributed by atoms with E-state index in [9.17, 15) is 0 Å². The first kappa shape index (κ1) is 13.7. The molecular weight excluding hydrogens is 312 g/mol. The Kier molecular flexibility index (Phi) is 3.17. The first-order valence-electron chi connectivity index (χ1n) is 6.90. The van der Waals surface area contributed by atoms with Crippen LogP contribution in [0.1, 0.15) is 0 Å². The molecule has 0 fully saturated rings. The average molecular weight is 323 g/mol. The van der Waals surface area contributed by atoms with Crippen LogP contribution in [0.4, 0.5) is 5.82 Å². The number of fused-ring (bicyclic) bond motifs is 1. The normalized spacial score (nSPS) is 11.0. The highest BCUT2D eigenvalue weighted by Gasteiger charge is 2.13. The number of hydrogen-bond acceptors (Lipinski definition) is 5. The molecule has 23 heavy (non-hydrogen) atoms. The molecule has 4 rings (SSSR count). The molecule has 0 aliphatic carbocycles. The lowest BCUT2D eigenvalue weighted by atomic mass is 10.2. The molecule has 3 heterocycles. The summed E-state index contributed by atoms with van der Waals surface area (Å²) < 4.78 is 1.71. The Bertz CT molecular complexity index is 979. The Morgan fingerprint density at radius 1 is 1.00 bits per heavy atom. The van der Waals surface area contributed by atoms with E-state index in [1.165, 1.54) is 0 Å². The van der Waals surface area contributed by atoms with E-state index in [0.29, 0.717) is 27.7 Å². The molecule has 4 aromatic rings. The number of nitrogens with two attached hydrogens (primary N) is 1. The van der Waals surface area contributed by atoms with Gasteiger partial charge in [0.05, 0.1) is 17.3 Å². The monoisotopic (exact) mass is 322 g/mol. The molecule has 0 aliphatic rings. The van der Waals surface area contributed by atoms with Crippen LogP contribution in [0.2, 0.25) is 5.02 Å². The Hall–Kier alpha value is -2.99. The summed E-state index contributed by atoms with van der Waals surface area (Å²) >= 11 is 5.94. The lowest BCUT2D eigenvalue weighted by Crippen LogP contribution is -2.01. The van der Waals surface area contributed by atoms with Crippen molar-refractivity contribution >= 4 is 28.5 Å². The second kappa shape index (κ2) is 5.33. The van der Waals surface area contributed by atoms with Crippen LogP contribution >= 0.6 is 11.6 Å². The van der Waals surface area contributed by atoms with E-state index in [2.05, 4.69) is 20.1 Å². The van der Waals surface area contributed by atoms with Gasteiger partial charge in [-0.15, -0.1) is 0 Å². The summed E-state index contributed by atoms with van der Waals surface area (Å²) in [7, 11) is 0. The lowest BCUT2D eigenvalue weighted by molar-refractivity contribution is 0.896. The minimum atomic E-state index is 0.383. The summed E-state index contributed by atoms with van der Waals surface area (Å²) in [5.41, 5.74) is 8.34. The fourth-order valence-electron chi connectivity index (χ4n) is 2.33. The molecule has 0 radical (unpaired) electrons. The number of benzene rings is 1. The molecule has 6 nitrogen and oxygen atoms in total. The van der Waals surface area contributed by atoms with Crippen molar-refractivity contribution in [3.05, 3.63) is 60.0 Å². The van der Waals surface area contributed by atoms with Crippen LogP contribution in [0.3, 0.4) is 0 Å². The van der Waals surface area contributed by atoms with Crippen molar-refractivity contribution in [3.8, 4) is 17.1 Å². The summed E-state index contributed by atoms with van der Waals surface area (Å²) in [5.74, 6) is 0.896. The van der Waals surface area contributed by atoms with Gasteiger partial charge in [-0.2, -0.15) is 5.10 Å². The third kappa shape index (κ3) is 2.39. The van der Waals surface area contributed by atoms with Crippen molar-refractivity contribution in [1.29, 1.82) is 0 Å². The number of anilines is 1. The van der Waals surface area contributed by atoms with Crippen LogP contribution in [-0.4, -0.2) is 24.7 Å². The second-order valence-electron chi connectivity index (χ2n) is 4.94. The van der Waals surface area contributed by atoms with Crippen LogP contribution in [0.5, 0.6) is 0 Å². The summed E-state index contributed by atoms with van der Waals surface area (Å²) in [6.07, 6.45) is 5.05. The van der Waals surface area contributed by atoms with Crippen LogP contribution < -0.4 is 5.73 Å². The number of rotatable bonds is 2. The highest BCUT2D eigenvalue weighted by atomic mass is 35.5. The Morgan fingerprint density at radius 2 is 1.83 bits per heavy atom. The number of halogens is 1. The Labute approximate surface area is 136 Å². The number of aromatic nitrogens is 5. The molecule has 0 saturated carbocycles. The molecule has 3 aromatic heterocycles. The average Bonchev–Trinajstić information content (AvgIpc) is 3.01. The van der Waals surface area contributed by atoms with Crippen LogP contribution in [0.15, 0.2) is 55.0 Å². The van der Waals surface area contributed by atoms with Crippen molar-refractivity contribution in [1.82, 2.24) is 24.7 Å². The van der Waals surface area contributed by atoms with Crippen LogP contribution in [0.25, 0.3) is 28.1 Å². The smallest absolute Gasteiger partial charge is 0.169 e. The molecule has 0 saturated heterocycles. The van der Waals surface area contributed by atoms with E-state index in [4.69, 9.17) is 17.3 Å². The first-order chi connectivity index (χ1) is 11.2. The summed E-state index contributed by atoms with van der Waals surface area (Å²) in [6, 6.07) is 11.1. The predicted octanol–water partition coefficient (Wildman–Crippen LogP) is 3.11. The fourth-order valence-corrected chi connectivity index (χ4v) is 2.45. The lowest BCUT2D eigenvalue weighted by Gasteiger charge is -2.06. The number of nitrogen functional groups attached to an aromatic ring is 1. The van der Waals surface area contributed by atoms with E-state index in [-0.39, 0.29) is 0 Å². The van der Waals surface area contributed by atoms with Gasteiger partial charge < -0.3 is 5.73 Å². The summed E-state index contributed by atoms with van der Waals surface area (Å²) in [6.45, 7) is 0. The molecule has 0 amide bonds. The maximum atomic E-state index is 6.06. The zero-order valence-electron chi connectivity index (χ0n) is 11.9. The van der Waals surface area contributed by atoms with Gasteiger partial charge in [0.25, 0.3) is 0 Å². The van der Waals surface area contributed by atoms with Gasteiger partial charge in [-0.1, -0.05) is 11.6 Å².